The Balaban J connectivity index is 1.29. The molecule has 1 aliphatic carbocycles. The maximum absolute atomic E-state index is 13.5. The van der Waals surface area contributed by atoms with Crippen LogP contribution in [-0.2, 0) is 4.79 Å². The minimum Gasteiger partial charge on any atom is -0.494 e. The molecule has 2 aromatic carbocycles. The molecule has 1 fully saturated rings. The average molecular weight is 355 g/mol. The van der Waals surface area contributed by atoms with Gasteiger partial charge in [-0.15, -0.1) is 0 Å². The van der Waals surface area contributed by atoms with E-state index in [-0.39, 0.29) is 35.7 Å². The van der Waals surface area contributed by atoms with Crippen LogP contribution in [0.4, 0.5) is 4.39 Å². The van der Waals surface area contributed by atoms with Crippen LogP contribution in [-0.4, -0.2) is 25.2 Å². The Morgan fingerprint density at radius 1 is 1.23 bits per heavy atom. The molecular weight excluding hydrogens is 337 g/mol. The summed E-state index contributed by atoms with van der Waals surface area (Å²) < 4.78 is 30.4. The molecule has 1 saturated carbocycles. The first-order valence-electron chi connectivity index (χ1n) is 8.81. The van der Waals surface area contributed by atoms with Crippen molar-refractivity contribution in [3.05, 3.63) is 53.3 Å². The molecule has 0 saturated heterocycles. The van der Waals surface area contributed by atoms with E-state index < -0.39 is 0 Å². The Morgan fingerprint density at radius 3 is 2.96 bits per heavy atom. The molecular formula is C20H18FNO4. The summed E-state index contributed by atoms with van der Waals surface area (Å²) in [5.74, 6) is 1.47. The van der Waals surface area contributed by atoms with Crippen molar-refractivity contribution in [2.45, 2.75) is 25.0 Å². The lowest BCUT2D eigenvalue weighted by molar-refractivity contribution is -0.123. The Morgan fingerprint density at radius 2 is 2.12 bits per heavy atom. The van der Waals surface area contributed by atoms with Gasteiger partial charge < -0.3 is 19.5 Å². The van der Waals surface area contributed by atoms with Crippen LogP contribution in [0, 0.1) is 11.7 Å². The van der Waals surface area contributed by atoms with E-state index in [1.165, 1.54) is 12.1 Å². The Labute approximate surface area is 150 Å². The lowest BCUT2D eigenvalue weighted by atomic mass is 10.1. The zero-order valence-electron chi connectivity index (χ0n) is 14.2. The van der Waals surface area contributed by atoms with Crippen molar-refractivity contribution < 1.29 is 23.4 Å². The van der Waals surface area contributed by atoms with Gasteiger partial charge in [0.15, 0.2) is 0 Å². The van der Waals surface area contributed by atoms with Gasteiger partial charge in [0.25, 0.3) is 0 Å². The number of nitrogens with one attached hydrogen (secondary N) is 1. The van der Waals surface area contributed by atoms with Crippen molar-refractivity contribution in [1.82, 2.24) is 5.32 Å². The van der Waals surface area contributed by atoms with Gasteiger partial charge in [0.2, 0.25) is 5.91 Å². The first-order valence-corrected chi connectivity index (χ1v) is 8.81. The van der Waals surface area contributed by atoms with Crippen LogP contribution in [0.1, 0.15) is 30.0 Å². The van der Waals surface area contributed by atoms with Crippen molar-refractivity contribution in [3.8, 4) is 17.2 Å². The fraction of sp³-hybridized carbons (Fsp3) is 0.350. The molecule has 2 heterocycles. The maximum Gasteiger partial charge on any atom is 0.228 e. The van der Waals surface area contributed by atoms with Crippen molar-refractivity contribution in [2.75, 3.05) is 13.2 Å². The predicted octanol–water partition coefficient (Wildman–Crippen LogP) is 2.95. The Bertz CT molecular complexity index is 899. The molecule has 0 spiro atoms. The standard InChI is InChI=1S/C20H18FNO4/c1-2-24-11-4-5-12-14(9-25-16(12)8-11)22-20(23)18-17-13-7-10(21)3-6-15(13)26-19(17)18/h3-8,14,17-19H,2,9H2,1H3,(H,22,23)/t14-,17?,18?,19?/m1/s1. The molecule has 6 heteroatoms. The molecule has 3 aliphatic rings. The highest BCUT2D eigenvalue weighted by Crippen LogP contribution is 2.58. The molecule has 1 N–H and O–H groups in total. The van der Waals surface area contributed by atoms with E-state index in [4.69, 9.17) is 14.2 Å². The minimum absolute atomic E-state index is 0.0529. The molecule has 5 nitrogen and oxygen atoms in total. The third kappa shape index (κ3) is 2.32. The third-order valence-corrected chi connectivity index (χ3v) is 5.24. The predicted molar refractivity (Wildman–Crippen MR) is 91.0 cm³/mol. The summed E-state index contributed by atoms with van der Waals surface area (Å²) in [6.07, 6.45) is -0.186. The second kappa shape index (κ2) is 5.62. The lowest BCUT2D eigenvalue weighted by Gasteiger charge is -2.14. The van der Waals surface area contributed by atoms with Crippen LogP contribution in [0.2, 0.25) is 0 Å². The fourth-order valence-corrected chi connectivity index (χ4v) is 3.98. The van der Waals surface area contributed by atoms with Gasteiger partial charge in [0.05, 0.1) is 18.6 Å². The number of amides is 1. The van der Waals surface area contributed by atoms with E-state index in [0.29, 0.717) is 19.0 Å². The summed E-state index contributed by atoms with van der Waals surface area (Å²) in [5, 5.41) is 3.04. The fourth-order valence-electron chi connectivity index (χ4n) is 3.98. The number of rotatable bonds is 4. The van der Waals surface area contributed by atoms with E-state index in [0.717, 1.165) is 22.6 Å². The highest BCUT2D eigenvalue weighted by atomic mass is 19.1. The molecule has 1 amide bonds. The van der Waals surface area contributed by atoms with Gasteiger partial charge in [-0.25, -0.2) is 4.39 Å². The molecule has 5 rings (SSSR count). The first kappa shape index (κ1) is 15.5. The van der Waals surface area contributed by atoms with Crippen LogP contribution >= 0.6 is 0 Å². The monoisotopic (exact) mass is 355 g/mol. The lowest BCUT2D eigenvalue weighted by Crippen LogP contribution is -2.32. The average Bonchev–Trinajstić information content (AvgIpc) is 3.02. The second-order valence-corrected chi connectivity index (χ2v) is 6.82. The van der Waals surface area contributed by atoms with E-state index in [1.54, 1.807) is 6.07 Å². The molecule has 0 aromatic heterocycles. The molecule has 0 radical (unpaired) electrons. The van der Waals surface area contributed by atoms with Crippen LogP contribution in [0.15, 0.2) is 36.4 Å². The molecule has 0 bridgehead atoms. The highest BCUT2D eigenvalue weighted by Gasteiger charge is 2.62. The van der Waals surface area contributed by atoms with E-state index in [1.807, 2.05) is 25.1 Å². The molecule has 2 aromatic rings. The number of ether oxygens (including phenoxy) is 3. The SMILES string of the molecule is CCOc1ccc2c(c1)OC[C@H]2NC(=O)C1C2Oc3ccc(F)cc3C21. The van der Waals surface area contributed by atoms with Gasteiger partial charge in [-0.2, -0.15) is 0 Å². The van der Waals surface area contributed by atoms with Crippen LogP contribution < -0.4 is 19.5 Å². The van der Waals surface area contributed by atoms with Gasteiger partial charge in [-0.1, -0.05) is 0 Å². The largest absolute Gasteiger partial charge is 0.494 e. The Hall–Kier alpha value is -2.76. The second-order valence-electron chi connectivity index (χ2n) is 6.82. The number of benzene rings is 2. The normalized spacial score (nSPS) is 26.8. The summed E-state index contributed by atoms with van der Waals surface area (Å²) in [7, 11) is 0. The molecule has 26 heavy (non-hydrogen) atoms. The summed E-state index contributed by atoms with van der Waals surface area (Å²) in [6, 6.07) is 9.93. The summed E-state index contributed by atoms with van der Waals surface area (Å²) in [5.41, 5.74) is 1.74. The third-order valence-electron chi connectivity index (χ3n) is 5.24. The number of carbonyl (C=O) groups excluding carboxylic acids is 1. The van der Waals surface area contributed by atoms with E-state index in [2.05, 4.69) is 5.32 Å². The quantitative estimate of drug-likeness (QED) is 0.916. The van der Waals surface area contributed by atoms with Crippen LogP contribution in [0.3, 0.4) is 0 Å². The molecule has 134 valence electrons. The van der Waals surface area contributed by atoms with Gasteiger partial charge in [-0.05, 0) is 37.3 Å². The van der Waals surface area contributed by atoms with Gasteiger partial charge in [0, 0.05) is 23.1 Å². The number of carbonyl (C=O) groups is 1. The number of fused-ring (bicyclic) bond motifs is 4. The van der Waals surface area contributed by atoms with Crippen molar-refractivity contribution >= 4 is 5.91 Å². The van der Waals surface area contributed by atoms with Gasteiger partial charge in [0.1, 0.15) is 35.8 Å². The van der Waals surface area contributed by atoms with Gasteiger partial charge in [-0.3, -0.25) is 4.79 Å². The zero-order valence-corrected chi connectivity index (χ0v) is 14.2. The smallest absolute Gasteiger partial charge is 0.228 e. The first-order chi connectivity index (χ1) is 12.7. The maximum atomic E-state index is 13.5. The zero-order chi connectivity index (χ0) is 17.8. The van der Waals surface area contributed by atoms with Gasteiger partial charge >= 0.3 is 0 Å². The van der Waals surface area contributed by atoms with Crippen molar-refractivity contribution in [2.24, 2.45) is 5.92 Å². The van der Waals surface area contributed by atoms with Crippen LogP contribution in [0.25, 0.3) is 0 Å². The minimum atomic E-state index is -0.303. The topological polar surface area (TPSA) is 56.8 Å². The van der Waals surface area contributed by atoms with Crippen molar-refractivity contribution in [3.63, 3.8) is 0 Å². The van der Waals surface area contributed by atoms with Crippen LogP contribution in [0.5, 0.6) is 17.2 Å². The summed E-state index contributed by atoms with van der Waals surface area (Å²) >= 11 is 0. The molecule has 2 aliphatic heterocycles. The molecule has 4 atom stereocenters. The highest BCUT2D eigenvalue weighted by molar-refractivity contribution is 5.86. The summed E-state index contributed by atoms with van der Waals surface area (Å²) in [4.78, 5) is 12.7. The number of hydrogen-bond acceptors (Lipinski definition) is 4. The number of hydrogen-bond donors (Lipinski definition) is 1. The number of halogens is 1. The van der Waals surface area contributed by atoms with E-state index in [9.17, 15) is 9.18 Å². The molecule has 3 unspecified atom stereocenters. The van der Waals surface area contributed by atoms with E-state index >= 15 is 0 Å². The Kier molecular flexibility index (Phi) is 3.35. The summed E-state index contributed by atoms with van der Waals surface area (Å²) in [6.45, 7) is 2.91. The van der Waals surface area contributed by atoms with Crippen molar-refractivity contribution in [1.29, 1.82) is 0 Å².